The van der Waals surface area contributed by atoms with Crippen molar-refractivity contribution in [2.24, 2.45) is 0 Å². The van der Waals surface area contributed by atoms with E-state index in [1.807, 2.05) is 24.3 Å². The lowest BCUT2D eigenvalue weighted by Gasteiger charge is -2.53. The van der Waals surface area contributed by atoms with Gasteiger partial charge >= 0.3 is 0 Å². The summed E-state index contributed by atoms with van der Waals surface area (Å²) in [6, 6.07) is 18.9. The molecule has 0 aliphatic heterocycles. The SMILES string of the molecule is CCCCCCCCC1(S(=O)(=O)c2ccccc2)CC(O)(CCc2ccccc2)C1. The number of hydrogen-bond acceptors (Lipinski definition) is 3. The molecule has 30 heavy (non-hydrogen) atoms. The first-order valence-corrected chi connectivity index (χ1v) is 13.0. The molecule has 0 heterocycles. The maximum Gasteiger partial charge on any atom is 0.184 e. The van der Waals surface area contributed by atoms with Gasteiger partial charge in [0.1, 0.15) is 0 Å². The minimum Gasteiger partial charge on any atom is -0.390 e. The number of aryl methyl sites for hydroxylation is 1. The summed E-state index contributed by atoms with van der Waals surface area (Å²) in [6.07, 6.45) is 9.52. The summed E-state index contributed by atoms with van der Waals surface area (Å²) >= 11 is 0. The van der Waals surface area contributed by atoms with Gasteiger partial charge in [-0.1, -0.05) is 94.0 Å². The van der Waals surface area contributed by atoms with Crippen LogP contribution in [0.25, 0.3) is 0 Å². The first-order chi connectivity index (χ1) is 14.4. The van der Waals surface area contributed by atoms with Crippen LogP contribution in [-0.4, -0.2) is 23.9 Å². The van der Waals surface area contributed by atoms with E-state index in [1.54, 1.807) is 24.3 Å². The molecule has 0 saturated heterocycles. The van der Waals surface area contributed by atoms with E-state index in [9.17, 15) is 13.5 Å². The van der Waals surface area contributed by atoms with E-state index in [2.05, 4.69) is 19.1 Å². The maximum absolute atomic E-state index is 13.6. The Kier molecular flexibility index (Phi) is 7.75. The van der Waals surface area contributed by atoms with E-state index in [0.29, 0.717) is 30.6 Å². The Hall–Kier alpha value is -1.65. The van der Waals surface area contributed by atoms with Gasteiger partial charge in [-0.05, 0) is 49.8 Å². The molecule has 0 atom stereocenters. The van der Waals surface area contributed by atoms with E-state index in [-0.39, 0.29) is 0 Å². The molecule has 0 amide bonds. The predicted octanol–water partition coefficient (Wildman–Crippen LogP) is 6.11. The van der Waals surface area contributed by atoms with Crippen molar-refractivity contribution in [3.8, 4) is 0 Å². The van der Waals surface area contributed by atoms with Gasteiger partial charge in [0.15, 0.2) is 9.84 Å². The van der Waals surface area contributed by atoms with Crippen LogP contribution < -0.4 is 0 Å². The van der Waals surface area contributed by atoms with Crippen molar-refractivity contribution in [2.75, 3.05) is 0 Å². The average molecular weight is 429 g/mol. The van der Waals surface area contributed by atoms with Crippen molar-refractivity contribution in [2.45, 2.75) is 92.8 Å². The van der Waals surface area contributed by atoms with Crippen LogP contribution in [0.2, 0.25) is 0 Å². The largest absolute Gasteiger partial charge is 0.390 e. The Balaban J connectivity index is 1.68. The summed E-state index contributed by atoms with van der Waals surface area (Å²) in [5.74, 6) is 0. The number of rotatable bonds is 12. The van der Waals surface area contributed by atoms with Gasteiger partial charge in [-0.3, -0.25) is 0 Å². The second-order valence-corrected chi connectivity index (χ2v) is 11.4. The molecule has 3 nitrogen and oxygen atoms in total. The molecule has 1 aliphatic rings. The Morgan fingerprint density at radius 1 is 0.800 bits per heavy atom. The highest BCUT2D eigenvalue weighted by atomic mass is 32.2. The Morgan fingerprint density at radius 2 is 1.37 bits per heavy atom. The van der Waals surface area contributed by atoms with Crippen LogP contribution in [0, 0.1) is 0 Å². The Morgan fingerprint density at radius 3 is 2.00 bits per heavy atom. The summed E-state index contributed by atoms with van der Waals surface area (Å²) in [5, 5.41) is 11.1. The van der Waals surface area contributed by atoms with Crippen LogP contribution in [-0.2, 0) is 16.3 Å². The number of aliphatic hydroxyl groups is 1. The first-order valence-electron chi connectivity index (χ1n) is 11.5. The lowest BCUT2D eigenvalue weighted by Crippen LogP contribution is -2.60. The van der Waals surface area contributed by atoms with Crippen LogP contribution in [0.1, 0.15) is 76.7 Å². The van der Waals surface area contributed by atoms with E-state index >= 15 is 0 Å². The normalized spacial score (nSPS) is 23.8. The van der Waals surface area contributed by atoms with Crippen molar-refractivity contribution in [1.29, 1.82) is 0 Å². The summed E-state index contributed by atoms with van der Waals surface area (Å²) < 4.78 is 26.3. The molecule has 164 valence electrons. The topological polar surface area (TPSA) is 54.4 Å². The van der Waals surface area contributed by atoms with Gasteiger partial charge in [-0.15, -0.1) is 0 Å². The number of unbranched alkanes of at least 4 members (excludes halogenated alkanes) is 5. The predicted molar refractivity (Wildman–Crippen MR) is 123 cm³/mol. The third kappa shape index (κ3) is 5.33. The van der Waals surface area contributed by atoms with Crippen LogP contribution >= 0.6 is 0 Å². The van der Waals surface area contributed by atoms with Gasteiger partial charge in [0.05, 0.1) is 15.2 Å². The fourth-order valence-corrected chi connectivity index (χ4v) is 7.27. The highest BCUT2D eigenvalue weighted by Crippen LogP contribution is 2.53. The van der Waals surface area contributed by atoms with E-state index in [4.69, 9.17) is 0 Å². The zero-order valence-electron chi connectivity index (χ0n) is 18.2. The first kappa shape index (κ1) is 23.0. The van der Waals surface area contributed by atoms with E-state index in [1.165, 1.54) is 24.8 Å². The van der Waals surface area contributed by atoms with Crippen LogP contribution in [0.5, 0.6) is 0 Å². The summed E-state index contributed by atoms with van der Waals surface area (Å²) in [4.78, 5) is 0.390. The van der Waals surface area contributed by atoms with Crippen molar-refractivity contribution in [1.82, 2.24) is 0 Å². The second kappa shape index (κ2) is 10.1. The van der Waals surface area contributed by atoms with Crippen LogP contribution in [0.15, 0.2) is 65.6 Å². The van der Waals surface area contributed by atoms with Gasteiger partial charge in [0, 0.05) is 0 Å². The molecule has 2 aromatic rings. The molecule has 0 radical (unpaired) electrons. The molecule has 2 aromatic carbocycles. The number of sulfone groups is 1. The fourth-order valence-electron chi connectivity index (χ4n) is 4.92. The van der Waals surface area contributed by atoms with Crippen LogP contribution in [0.3, 0.4) is 0 Å². The van der Waals surface area contributed by atoms with Crippen molar-refractivity contribution < 1.29 is 13.5 Å². The number of benzene rings is 2. The van der Waals surface area contributed by atoms with E-state index < -0.39 is 20.2 Å². The third-order valence-corrected chi connectivity index (χ3v) is 9.16. The highest BCUT2D eigenvalue weighted by molar-refractivity contribution is 7.93. The molecular formula is C26H36O3S. The standard InChI is InChI=1S/C26H36O3S/c1-2-3-4-5-6-13-19-26(30(28,29)24-16-11-8-12-17-24)21-25(27,22-26)20-18-23-14-9-7-10-15-23/h7-12,14-17,27H,2-6,13,18-22H2,1H3. The molecule has 1 aliphatic carbocycles. The van der Waals surface area contributed by atoms with Gasteiger partial charge in [-0.25, -0.2) is 8.42 Å². The molecule has 0 unspecified atom stereocenters. The molecule has 4 heteroatoms. The zero-order chi connectivity index (χ0) is 21.5. The molecule has 1 fully saturated rings. The van der Waals surface area contributed by atoms with Crippen LogP contribution in [0.4, 0.5) is 0 Å². The lowest BCUT2D eigenvalue weighted by atomic mass is 9.66. The smallest absolute Gasteiger partial charge is 0.184 e. The van der Waals surface area contributed by atoms with Crippen molar-refractivity contribution in [3.63, 3.8) is 0 Å². The molecular weight excluding hydrogens is 392 g/mol. The van der Waals surface area contributed by atoms with Crippen molar-refractivity contribution >= 4 is 9.84 Å². The Bertz CT molecular complexity index is 869. The third-order valence-electron chi connectivity index (χ3n) is 6.63. The average Bonchev–Trinajstić information content (AvgIpc) is 2.74. The molecule has 0 bridgehead atoms. The molecule has 1 N–H and O–H groups in total. The van der Waals surface area contributed by atoms with E-state index in [0.717, 1.165) is 25.7 Å². The quantitative estimate of drug-likeness (QED) is 0.415. The molecule has 0 spiro atoms. The summed E-state index contributed by atoms with van der Waals surface area (Å²) in [6.45, 7) is 2.20. The minimum atomic E-state index is -3.48. The number of hydrogen-bond donors (Lipinski definition) is 1. The van der Waals surface area contributed by atoms with Gasteiger partial charge in [0.2, 0.25) is 0 Å². The lowest BCUT2D eigenvalue weighted by molar-refractivity contribution is -0.0698. The second-order valence-electron chi connectivity index (χ2n) is 9.08. The van der Waals surface area contributed by atoms with Crippen molar-refractivity contribution in [3.05, 3.63) is 66.2 Å². The zero-order valence-corrected chi connectivity index (χ0v) is 19.0. The summed E-state index contributed by atoms with van der Waals surface area (Å²) in [5.41, 5.74) is 0.296. The van der Waals surface area contributed by atoms with Gasteiger partial charge < -0.3 is 5.11 Å². The fraction of sp³-hybridized carbons (Fsp3) is 0.538. The monoisotopic (exact) mass is 428 g/mol. The molecule has 1 saturated carbocycles. The van der Waals surface area contributed by atoms with Gasteiger partial charge in [0.25, 0.3) is 0 Å². The Labute approximate surface area is 182 Å². The van der Waals surface area contributed by atoms with Gasteiger partial charge in [-0.2, -0.15) is 0 Å². The summed E-state index contributed by atoms with van der Waals surface area (Å²) in [7, 11) is -3.48. The molecule has 0 aromatic heterocycles. The minimum absolute atomic E-state index is 0.346. The molecule has 3 rings (SSSR count). The maximum atomic E-state index is 13.6. The highest BCUT2D eigenvalue weighted by Gasteiger charge is 2.60.